The van der Waals surface area contributed by atoms with Gasteiger partial charge >= 0.3 is 6.18 Å². The van der Waals surface area contributed by atoms with Crippen LogP contribution in [0.25, 0.3) is 5.52 Å². The third-order valence-electron chi connectivity index (χ3n) is 1.94. The zero-order chi connectivity index (χ0) is 10.3. The van der Waals surface area contributed by atoms with Crippen molar-refractivity contribution in [2.45, 2.75) is 6.18 Å². The molecule has 0 radical (unpaired) electrons. The summed E-state index contributed by atoms with van der Waals surface area (Å²) < 4.78 is 39.3. The molecule has 2 rings (SSSR count). The molecule has 2 heterocycles. The molecule has 0 aromatic carbocycles. The van der Waals surface area contributed by atoms with Gasteiger partial charge in [0.25, 0.3) is 0 Å². The molecule has 0 aliphatic heterocycles. The number of rotatable bonds is 0. The predicted octanol–water partition coefficient (Wildman–Crippen LogP) is 3.72. The van der Waals surface area contributed by atoms with Crippen molar-refractivity contribution in [1.29, 1.82) is 0 Å². The molecular weight excluding hydrogens is 259 g/mol. The second-order valence-corrected chi connectivity index (χ2v) is 3.72. The van der Waals surface area contributed by atoms with Gasteiger partial charge in [0.1, 0.15) is 0 Å². The summed E-state index contributed by atoms with van der Waals surface area (Å²) in [5, 5.41) is 0. The zero-order valence-electron chi connectivity index (χ0n) is 6.85. The van der Waals surface area contributed by atoms with Crippen LogP contribution < -0.4 is 0 Å². The zero-order valence-corrected chi connectivity index (χ0v) is 8.43. The van der Waals surface area contributed by atoms with Crippen molar-refractivity contribution >= 4 is 21.4 Å². The molecule has 74 valence electrons. The van der Waals surface area contributed by atoms with Gasteiger partial charge in [0.05, 0.1) is 11.1 Å². The summed E-state index contributed by atoms with van der Waals surface area (Å²) in [6.07, 6.45) is -1.20. The van der Waals surface area contributed by atoms with E-state index in [-0.39, 0.29) is 0 Å². The summed E-state index contributed by atoms with van der Waals surface area (Å²) in [5.41, 5.74) is -0.121. The Bertz CT molecular complexity index is 472. The van der Waals surface area contributed by atoms with E-state index in [0.29, 0.717) is 9.99 Å². The lowest BCUT2D eigenvalue weighted by atomic mass is 10.2. The second kappa shape index (κ2) is 3.02. The maximum absolute atomic E-state index is 12.3. The van der Waals surface area contributed by atoms with E-state index in [1.54, 1.807) is 16.7 Å². The highest BCUT2D eigenvalue weighted by Gasteiger charge is 2.30. The lowest BCUT2D eigenvalue weighted by Crippen LogP contribution is -2.05. The number of pyridine rings is 1. The van der Waals surface area contributed by atoms with Crippen LogP contribution >= 0.6 is 15.9 Å². The van der Waals surface area contributed by atoms with E-state index in [2.05, 4.69) is 15.9 Å². The van der Waals surface area contributed by atoms with Crippen LogP contribution in [0.15, 0.2) is 35.1 Å². The molecule has 0 fully saturated rings. The maximum atomic E-state index is 12.3. The van der Waals surface area contributed by atoms with E-state index >= 15 is 0 Å². The molecular formula is C9H5BrF3N. The Hall–Kier alpha value is -0.970. The van der Waals surface area contributed by atoms with Crippen LogP contribution in [0.5, 0.6) is 0 Å². The van der Waals surface area contributed by atoms with Crippen LogP contribution in [-0.4, -0.2) is 4.40 Å². The lowest BCUT2D eigenvalue weighted by molar-refractivity contribution is -0.137. The number of hydrogen-bond acceptors (Lipinski definition) is 0. The number of aromatic nitrogens is 1. The Morgan fingerprint density at radius 1 is 1.14 bits per heavy atom. The van der Waals surface area contributed by atoms with Crippen LogP contribution in [0.3, 0.4) is 0 Å². The standard InChI is InChI=1S/C9H5BrF3N/c10-7-2-4-14-3-1-6(5-8(7)14)9(11,12)13/h1-5H. The van der Waals surface area contributed by atoms with Crippen molar-refractivity contribution in [3.8, 4) is 0 Å². The van der Waals surface area contributed by atoms with Gasteiger partial charge in [0.15, 0.2) is 0 Å². The van der Waals surface area contributed by atoms with Gasteiger partial charge in [-0.1, -0.05) is 0 Å². The van der Waals surface area contributed by atoms with E-state index in [1.165, 1.54) is 6.20 Å². The summed E-state index contributed by atoms with van der Waals surface area (Å²) in [6, 6.07) is 3.87. The highest BCUT2D eigenvalue weighted by molar-refractivity contribution is 9.10. The molecule has 2 aromatic heterocycles. The minimum atomic E-state index is -4.29. The average Bonchev–Trinajstić information content (AvgIpc) is 2.46. The fourth-order valence-electron chi connectivity index (χ4n) is 1.24. The van der Waals surface area contributed by atoms with Gasteiger partial charge in [-0.3, -0.25) is 0 Å². The Balaban J connectivity index is 2.66. The first-order valence-corrected chi connectivity index (χ1v) is 4.61. The topological polar surface area (TPSA) is 4.41 Å². The largest absolute Gasteiger partial charge is 0.416 e. The lowest BCUT2D eigenvalue weighted by Gasteiger charge is -2.06. The molecule has 0 saturated carbocycles. The molecule has 0 aliphatic rings. The van der Waals surface area contributed by atoms with E-state index in [9.17, 15) is 13.2 Å². The van der Waals surface area contributed by atoms with Gasteiger partial charge in [0.2, 0.25) is 0 Å². The van der Waals surface area contributed by atoms with Gasteiger partial charge in [-0.05, 0) is 34.1 Å². The normalized spacial score (nSPS) is 12.3. The summed E-state index contributed by atoms with van der Waals surface area (Å²) in [4.78, 5) is 0. The summed E-state index contributed by atoms with van der Waals surface area (Å²) in [6.45, 7) is 0. The molecule has 1 nitrogen and oxygen atoms in total. The third kappa shape index (κ3) is 1.52. The molecule has 0 aliphatic carbocycles. The minimum absolute atomic E-state index is 0.514. The van der Waals surface area contributed by atoms with E-state index in [1.807, 2.05) is 0 Å². The van der Waals surface area contributed by atoms with Crippen molar-refractivity contribution in [2.75, 3.05) is 0 Å². The van der Waals surface area contributed by atoms with E-state index < -0.39 is 11.7 Å². The molecule has 0 amide bonds. The minimum Gasteiger partial charge on any atom is -0.323 e. The fourth-order valence-corrected chi connectivity index (χ4v) is 1.68. The van der Waals surface area contributed by atoms with Crippen molar-refractivity contribution in [3.05, 3.63) is 40.6 Å². The molecule has 2 aromatic rings. The number of hydrogen-bond donors (Lipinski definition) is 0. The quantitative estimate of drug-likeness (QED) is 0.683. The summed E-state index contributed by atoms with van der Waals surface area (Å²) >= 11 is 3.18. The first-order chi connectivity index (χ1) is 6.48. The summed E-state index contributed by atoms with van der Waals surface area (Å²) in [5.74, 6) is 0. The Morgan fingerprint density at radius 2 is 1.79 bits per heavy atom. The monoisotopic (exact) mass is 263 g/mol. The first-order valence-electron chi connectivity index (χ1n) is 3.82. The van der Waals surface area contributed by atoms with Gasteiger partial charge in [-0.25, -0.2) is 0 Å². The number of halogens is 4. The maximum Gasteiger partial charge on any atom is 0.416 e. The number of nitrogens with zero attached hydrogens (tertiary/aromatic N) is 1. The number of alkyl halides is 3. The fraction of sp³-hybridized carbons (Fsp3) is 0.111. The van der Waals surface area contributed by atoms with Gasteiger partial charge in [-0.15, -0.1) is 0 Å². The SMILES string of the molecule is FC(F)(F)c1ccn2ccc(Br)c2c1. The van der Waals surface area contributed by atoms with E-state index in [4.69, 9.17) is 0 Å². The van der Waals surface area contributed by atoms with Crippen molar-refractivity contribution in [2.24, 2.45) is 0 Å². The van der Waals surface area contributed by atoms with Crippen molar-refractivity contribution in [3.63, 3.8) is 0 Å². The number of fused-ring (bicyclic) bond motifs is 1. The molecule has 0 unspecified atom stereocenters. The molecule has 0 atom stereocenters. The molecule has 0 spiro atoms. The van der Waals surface area contributed by atoms with Gasteiger partial charge in [0, 0.05) is 16.9 Å². The third-order valence-corrected chi connectivity index (χ3v) is 2.61. The van der Waals surface area contributed by atoms with E-state index in [0.717, 1.165) is 12.1 Å². The van der Waals surface area contributed by atoms with Crippen molar-refractivity contribution < 1.29 is 13.2 Å². The van der Waals surface area contributed by atoms with Crippen LogP contribution in [0.4, 0.5) is 13.2 Å². The second-order valence-electron chi connectivity index (χ2n) is 2.87. The first kappa shape index (κ1) is 9.58. The van der Waals surface area contributed by atoms with Crippen molar-refractivity contribution in [1.82, 2.24) is 4.40 Å². The van der Waals surface area contributed by atoms with Gasteiger partial charge < -0.3 is 4.40 Å². The predicted molar refractivity (Wildman–Crippen MR) is 50.1 cm³/mol. The van der Waals surface area contributed by atoms with Crippen LogP contribution in [0.2, 0.25) is 0 Å². The Labute approximate surface area is 86.3 Å². The average molecular weight is 264 g/mol. The molecule has 0 N–H and O–H groups in total. The van der Waals surface area contributed by atoms with Gasteiger partial charge in [-0.2, -0.15) is 13.2 Å². The Kier molecular flexibility index (Phi) is 2.06. The van der Waals surface area contributed by atoms with Crippen LogP contribution in [0, 0.1) is 0 Å². The molecule has 0 bridgehead atoms. The van der Waals surface area contributed by atoms with Crippen LogP contribution in [0.1, 0.15) is 5.56 Å². The van der Waals surface area contributed by atoms with Crippen LogP contribution in [-0.2, 0) is 6.18 Å². The smallest absolute Gasteiger partial charge is 0.323 e. The Morgan fingerprint density at radius 3 is 2.43 bits per heavy atom. The highest BCUT2D eigenvalue weighted by Crippen LogP contribution is 2.31. The molecule has 14 heavy (non-hydrogen) atoms. The summed E-state index contributed by atoms with van der Waals surface area (Å²) in [7, 11) is 0. The highest BCUT2D eigenvalue weighted by atomic mass is 79.9. The molecule has 5 heteroatoms. The molecule has 0 saturated heterocycles.